The molecule has 1 heterocycles. The monoisotopic (exact) mass is 525 g/mol. The van der Waals surface area contributed by atoms with Crippen LogP contribution >= 0.6 is 0 Å². The quantitative estimate of drug-likeness (QED) is 0.270. The Bertz CT molecular complexity index is 1210. The number of carbonyl (C=O) groups excluding carboxylic acids is 1. The molecule has 38 heavy (non-hydrogen) atoms. The Morgan fingerprint density at radius 1 is 1.03 bits per heavy atom. The Morgan fingerprint density at radius 3 is 2.29 bits per heavy atom. The lowest BCUT2D eigenvalue weighted by Crippen LogP contribution is -2.41. The van der Waals surface area contributed by atoms with Crippen LogP contribution in [0.5, 0.6) is 0 Å². The highest BCUT2D eigenvalue weighted by Gasteiger charge is 2.25. The van der Waals surface area contributed by atoms with Crippen molar-refractivity contribution in [2.75, 3.05) is 11.1 Å². The van der Waals surface area contributed by atoms with E-state index >= 15 is 0 Å². The van der Waals surface area contributed by atoms with Gasteiger partial charge in [0.15, 0.2) is 11.6 Å². The smallest absolute Gasteiger partial charge is 0.323 e. The molecule has 0 aliphatic carbocycles. The molecule has 9 heteroatoms. The average Bonchev–Trinajstić information content (AvgIpc) is 2.84. The first-order valence-electron chi connectivity index (χ1n) is 12.8. The van der Waals surface area contributed by atoms with Gasteiger partial charge in [0.1, 0.15) is 23.3 Å². The first-order valence-corrected chi connectivity index (χ1v) is 12.8. The number of nitrogen functional groups attached to an aromatic ring is 1. The van der Waals surface area contributed by atoms with Crippen LogP contribution in [0.4, 0.5) is 20.4 Å². The SMILES string of the molecule is CC(C)CC[C@H](NCc1ccc(-c2cnc(N)c(NCc3c(F)cccc3F)n2)cc1)C(=O)OC(C)(C)C. The van der Waals surface area contributed by atoms with E-state index in [9.17, 15) is 13.6 Å². The summed E-state index contributed by atoms with van der Waals surface area (Å²) < 4.78 is 33.5. The molecule has 1 aromatic heterocycles. The molecule has 3 rings (SSSR count). The van der Waals surface area contributed by atoms with Gasteiger partial charge < -0.3 is 21.1 Å². The Kier molecular flexibility index (Phi) is 9.74. The molecule has 4 N–H and O–H groups in total. The maximum absolute atomic E-state index is 14.0. The van der Waals surface area contributed by atoms with Crippen molar-refractivity contribution in [1.82, 2.24) is 15.3 Å². The summed E-state index contributed by atoms with van der Waals surface area (Å²) in [6.45, 7) is 10.2. The Balaban J connectivity index is 1.67. The largest absolute Gasteiger partial charge is 0.459 e. The van der Waals surface area contributed by atoms with E-state index in [2.05, 4.69) is 34.4 Å². The zero-order chi connectivity index (χ0) is 27.9. The lowest BCUT2D eigenvalue weighted by molar-refractivity contribution is -0.157. The minimum atomic E-state index is -0.650. The van der Waals surface area contributed by atoms with Gasteiger partial charge in [-0.3, -0.25) is 4.79 Å². The van der Waals surface area contributed by atoms with E-state index in [-0.39, 0.29) is 29.7 Å². The van der Waals surface area contributed by atoms with Crippen molar-refractivity contribution < 1.29 is 18.3 Å². The fraction of sp³-hybridized carbons (Fsp3) is 0.414. The Hall–Kier alpha value is -3.59. The molecule has 1 atom stereocenters. The van der Waals surface area contributed by atoms with Gasteiger partial charge in [0.05, 0.1) is 11.9 Å². The number of ether oxygens (including phenoxy) is 1. The molecule has 0 unspecified atom stereocenters. The molecule has 0 saturated heterocycles. The van der Waals surface area contributed by atoms with Gasteiger partial charge in [-0.25, -0.2) is 18.7 Å². The van der Waals surface area contributed by atoms with Gasteiger partial charge >= 0.3 is 5.97 Å². The van der Waals surface area contributed by atoms with Gasteiger partial charge in [-0.15, -0.1) is 0 Å². The molecule has 3 aromatic rings. The van der Waals surface area contributed by atoms with Crippen LogP contribution < -0.4 is 16.4 Å². The number of halogens is 2. The summed E-state index contributed by atoms with van der Waals surface area (Å²) in [6.07, 6.45) is 3.14. The van der Waals surface area contributed by atoms with Crippen LogP contribution in [0.15, 0.2) is 48.7 Å². The van der Waals surface area contributed by atoms with Crippen LogP contribution in [0.1, 0.15) is 58.6 Å². The van der Waals surface area contributed by atoms with Crippen molar-refractivity contribution in [3.8, 4) is 11.3 Å². The summed E-state index contributed by atoms with van der Waals surface area (Å²) >= 11 is 0. The molecule has 0 saturated carbocycles. The predicted molar refractivity (Wildman–Crippen MR) is 146 cm³/mol. The van der Waals surface area contributed by atoms with E-state index in [1.807, 2.05) is 45.0 Å². The molecule has 2 aromatic carbocycles. The number of anilines is 2. The van der Waals surface area contributed by atoms with Crippen LogP contribution in [-0.2, 0) is 22.6 Å². The fourth-order valence-electron chi connectivity index (χ4n) is 3.75. The normalized spacial score (nSPS) is 12.4. The molecule has 0 bridgehead atoms. The highest BCUT2D eigenvalue weighted by atomic mass is 19.1. The number of nitrogens with one attached hydrogen (secondary N) is 2. The highest BCUT2D eigenvalue weighted by molar-refractivity contribution is 5.76. The summed E-state index contributed by atoms with van der Waals surface area (Å²) in [5.41, 5.74) is 7.63. The third-order valence-corrected chi connectivity index (χ3v) is 5.82. The minimum absolute atomic E-state index is 0.103. The second kappa shape index (κ2) is 12.8. The second-order valence-electron chi connectivity index (χ2n) is 10.7. The predicted octanol–water partition coefficient (Wildman–Crippen LogP) is 5.85. The zero-order valence-corrected chi connectivity index (χ0v) is 22.6. The molecule has 0 aliphatic rings. The molecule has 0 amide bonds. The maximum Gasteiger partial charge on any atom is 0.323 e. The molecular formula is C29H37F2N5O2. The molecule has 0 spiro atoms. The van der Waals surface area contributed by atoms with Crippen LogP contribution in [0, 0.1) is 17.6 Å². The van der Waals surface area contributed by atoms with E-state index in [0.29, 0.717) is 24.6 Å². The lowest BCUT2D eigenvalue weighted by atomic mass is 10.0. The van der Waals surface area contributed by atoms with Gasteiger partial charge in [0.2, 0.25) is 0 Å². The van der Waals surface area contributed by atoms with Crippen LogP contribution in [-0.4, -0.2) is 27.6 Å². The van der Waals surface area contributed by atoms with Crippen molar-refractivity contribution in [3.63, 3.8) is 0 Å². The maximum atomic E-state index is 14.0. The first-order chi connectivity index (χ1) is 17.9. The number of hydrogen-bond acceptors (Lipinski definition) is 7. The standard InChI is InChI=1S/C29H37F2N5O2/c1-18(2)9-14-24(28(37)38-29(3,4)5)33-15-19-10-12-20(13-11-19)25-17-34-26(32)27(36-25)35-16-21-22(30)7-6-8-23(21)31/h6-8,10-13,17-18,24,33H,9,14-16H2,1-5H3,(H2,32,34)(H,35,36)/t24-/m0/s1. The molecular weight excluding hydrogens is 488 g/mol. The van der Waals surface area contributed by atoms with Crippen LogP contribution in [0.2, 0.25) is 0 Å². The van der Waals surface area contributed by atoms with Crippen molar-refractivity contribution in [2.45, 2.75) is 72.2 Å². The van der Waals surface area contributed by atoms with E-state index < -0.39 is 23.3 Å². The van der Waals surface area contributed by atoms with Gasteiger partial charge in [0, 0.05) is 24.2 Å². The fourth-order valence-corrected chi connectivity index (χ4v) is 3.75. The Labute approximate surface area is 223 Å². The van der Waals surface area contributed by atoms with Crippen molar-refractivity contribution in [3.05, 3.63) is 71.4 Å². The van der Waals surface area contributed by atoms with Gasteiger partial charge in [-0.2, -0.15) is 0 Å². The number of carbonyl (C=O) groups is 1. The van der Waals surface area contributed by atoms with Gasteiger partial charge in [0.25, 0.3) is 0 Å². The first kappa shape index (κ1) is 29.0. The number of nitrogens with two attached hydrogens (primary N) is 1. The van der Waals surface area contributed by atoms with Crippen molar-refractivity contribution >= 4 is 17.6 Å². The summed E-state index contributed by atoms with van der Waals surface area (Å²) in [7, 11) is 0. The molecule has 0 fully saturated rings. The highest BCUT2D eigenvalue weighted by Crippen LogP contribution is 2.23. The van der Waals surface area contributed by atoms with Crippen LogP contribution in [0.25, 0.3) is 11.3 Å². The molecule has 204 valence electrons. The average molecular weight is 526 g/mol. The van der Waals surface area contributed by atoms with E-state index in [0.717, 1.165) is 17.5 Å². The van der Waals surface area contributed by atoms with E-state index in [1.165, 1.54) is 18.2 Å². The number of esters is 1. The molecule has 0 radical (unpaired) electrons. The van der Waals surface area contributed by atoms with Crippen LogP contribution in [0.3, 0.4) is 0 Å². The van der Waals surface area contributed by atoms with E-state index in [1.54, 1.807) is 6.20 Å². The Morgan fingerprint density at radius 2 is 1.68 bits per heavy atom. The third kappa shape index (κ3) is 8.48. The number of aromatic nitrogens is 2. The summed E-state index contributed by atoms with van der Waals surface area (Å²) in [5, 5.41) is 6.22. The van der Waals surface area contributed by atoms with Gasteiger partial charge in [-0.05, 0) is 57.2 Å². The van der Waals surface area contributed by atoms with Crippen molar-refractivity contribution in [2.24, 2.45) is 5.92 Å². The number of rotatable bonds is 11. The number of nitrogens with zero attached hydrogens (tertiary/aromatic N) is 2. The summed E-state index contributed by atoms with van der Waals surface area (Å²) in [4.78, 5) is 21.4. The minimum Gasteiger partial charge on any atom is -0.459 e. The van der Waals surface area contributed by atoms with Crippen molar-refractivity contribution in [1.29, 1.82) is 0 Å². The van der Waals surface area contributed by atoms with E-state index in [4.69, 9.17) is 10.5 Å². The molecule has 0 aliphatic heterocycles. The lowest BCUT2D eigenvalue weighted by Gasteiger charge is -2.25. The van der Waals surface area contributed by atoms with Gasteiger partial charge in [-0.1, -0.05) is 44.2 Å². The zero-order valence-electron chi connectivity index (χ0n) is 22.6. The topological polar surface area (TPSA) is 102 Å². The summed E-state index contributed by atoms with van der Waals surface area (Å²) in [6, 6.07) is 11.0. The summed E-state index contributed by atoms with van der Waals surface area (Å²) in [5.74, 6) is -0.707. The number of benzene rings is 2. The number of hydrogen-bond donors (Lipinski definition) is 3. The second-order valence-corrected chi connectivity index (χ2v) is 10.7. The molecule has 7 nitrogen and oxygen atoms in total. The third-order valence-electron chi connectivity index (χ3n) is 5.82.